The third-order valence-corrected chi connectivity index (χ3v) is 2.89. The summed E-state index contributed by atoms with van der Waals surface area (Å²) in [5.41, 5.74) is 0.656. The summed E-state index contributed by atoms with van der Waals surface area (Å²) < 4.78 is 5.04. The zero-order chi connectivity index (χ0) is 10.7. The van der Waals surface area contributed by atoms with Crippen molar-refractivity contribution in [1.29, 1.82) is 0 Å². The second-order valence-corrected chi connectivity index (χ2v) is 4.08. The van der Waals surface area contributed by atoms with Crippen molar-refractivity contribution < 1.29 is 9.21 Å². The van der Waals surface area contributed by atoms with Gasteiger partial charge in [0.15, 0.2) is 6.39 Å². The van der Waals surface area contributed by atoms with Gasteiger partial charge in [-0.15, -0.1) is 0 Å². The number of aryl methyl sites for hydroxylation is 1. The van der Waals surface area contributed by atoms with Gasteiger partial charge in [0, 0.05) is 6.04 Å². The lowest BCUT2D eigenvalue weighted by atomic mass is 9.95. The maximum Gasteiger partial charge on any atom is 0.289 e. The number of oxazole rings is 1. The SMILES string of the molecule is Cc1ncoc1C(=O)NC1CCCCC1. The highest BCUT2D eigenvalue weighted by Gasteiger charge is 2.19. The van der Waals surface area contributed by atoms with E-state index in [1.54, 1.807) is 6.92 Å². The molecule has 1 aromatic rings. The first-order valence-electron chi connectivity index (χ1n) is 5.48. The van der Waals surface area contributed by atoms with Crippen LogP contribution in [0.5, 0.6) is 0 Å². The van der Waals surface area contributed by atoms with E-state index in [0.29, 0.717) is 17.5 Å². The van der Waals surface area contributed by atoms with E-state index in [0.717, 1.165) is 12.8 Å². The first-order valence-corrected chi connectivity index (χ1v) is 5.48. The minimum absolute atomic E-state index is 0.128. The number of aromatic nitrogens is 1. The van der Waals surface area contributed by atoms with E-state index in [1.165, 1.54) is 25.7 Å². The van der Waals surface area contributed by atoms with Gasteiger partial charge in [-0.3, -0.25) is 4.79 Å². The van der Waals surface area contributed by atoms with Crippen molar-refractivity contribution in [2.24, 2.45) is 0 Å². The number of nitrogens with zero attached hydrogens (tertiary/aromatic N) is 1. The van der Waals surface area contributed by atoms with Gasteiger partial charge in [-0.2, -0.15) is 0 Å². The second-order valence-electron chi connectivity index (χ2n) is 4.08. The molecular weight excluding hydrogens is 192 g/mol. The molecule has 1 amide bonds. The quantitative estimate of drug-likeness (QED) is 0.809. The van der Waals surface area contributed by atoms with Crippen molar-refractivity contribution in [2.75, 3.05) is 0 Å². The second kappa shape index (κ2) is 4.47. The number of hydrogen-bond donors (Lipinski definition) is 1. The smallest absolute Gasteiger partial charge is 0.289 e. The van der Waals surface area contributed by atoms with Gasteiger partial charge < -0.3 is 9.73 Å². The number of rotatable bonds is 2. The minimum atomic E-state index is -0.128. The summed E-state index contributed by atoms with van der Waals surface area (Å²) >= 11 is 0. The Labute approximate surface area is 89.1 Å². The summed E-state index contributed by atoms with van der Waals surface area (Å²) in [6, 6.07) is 0.316. The van der Waals surface area contributed by atoms with Crippen LogP contribution in [-0.4, -0.2) is 16.9 Å². The van der Waals surface area contributed by atoms with Crippen molar-refractivity contribution in [2.45, 2.75) is 45.1 Å². The van der Waals surface area contributed by atoms with Crippen molar-refractivity contribution in [3.63, 3.8) is 0 Å². The highest BCUT2D eigenvalue weighted by molar-refractivity contribution is 5.92. The maximum atomic E-state index is 11.7. The topological polar surface area (TPSA) is 55.1 Å². The standard InChI is InChI=1S/C11H16N2O2/c1-8-10(15-7-12-8)11(14)13-9-5-3-2-4-6-9/h7,9H,2-6H2,1H3,(H,13,14). The fourth-order valence-electron chi connectivity index (χ4n) is 2.02. The third-order valence-electron chi connectivity index (χ3n) is 2.89. The summed E-state index contributed by atoms with van der Waals surface area (Å²) in [6.07, 6.45) is 7.18. The fraction of sp³-hybridized carbons (Fsp3) is 0.636. The first-order chi connectivity index (χ1) is 7.27. The average molecular weight is 208 g/mol. The van der Waals surface area contributed by atoms with Crippen LogP contribution in [0.1, 0.15) is 48.4 Å². The van der Waals surface area contributed by atoms with E-state index in [-0.39, 0.29) is 5.91 Å². The van der Waals surface area contributed by atoms with Gasteiger partial charge in [0.1, 0.15) is 0 Å². The van der Waals surface area contributed by atoms with Gasteiger partial charge in [0.2, 0.25) is 5.76 Å². The Balaban J connectivity index is 1.94. The number of nitrogens with one attached hydrogen (secondary N) is 1. The number of carbonyl (C=O) groups is 1. The molecule has 1 saturated carbocycles. The number of carbonyl (C=O) groups excluding carboxylic acids is 1. The van der Waals surface area contributed by atoms with Crippen LogP contribution in [0.15, 0.2) is 10.8 Å². The number of hydrogen-bond acceptors (Lipinski definition) is 3. The molecule has 82 valence electrons. The predicted octanol–water partition coefficient (Wildman–Crippen LogP) is 2.05. The molecule has 1 heterocycles. The summed E-state index contributed by atoms with van der Waals surface area (Å²) in [5.74, 6) is 0.220. The largest absolute Gasteiger partial charge is 0.438 e. The van der Waals surface area contributed by atoms with Crippen LogP contribution >= 0.6 is 0 Å². The third kappa shape index (κ3) is 2.37. The molecule has 1 fully saturated rings. The van der Waals surface area contributed by atoms with Gasteiger partial charge >= 0.3 is 0 Å². The van der Waals surface area contributed by atoms with Crippen LogP contribution in [0, 0.1) is 6.92 Å². The molecule has 0 unspecified atom stereocenters. The van der Waals surface area contributed by atoms with Crippen LogP contribution in [0.3, 0.4) is 0 Å². The van der Waals surface area contributed by atoms with Gasteiger partial charge in [-0.1, -0.05) is 19.3 Å². The maximum absolute atomic E-state index is 11.7. The lowest BCUT2D eigenvalue weighted by Gasteiger charge is -2.22. The van der Waals surface area contributed by atoms with Gasteiger partial charge in [-0.05, 0) is 19.8 Å². The van der Waals surface area contributed by atoms with Crippen LogP contribution < -0.4 is 5.32 Å². The van der Waals surface area contributed by atoms with E-state index in [9.17, 15) is 4.79 Å². The van der Waals surface area contributed by atoms with Crippen molar-refractivity contribution in [3.05, 3.63) is 17.8 Å². The van der Waals surface area contributed by atoms with E-state index in [2.05, 4.69) is 10.3 Å². The number of amides is 1. The molecule has 0 radical (unpaired) electrons. The van der Waals surface area contributed by atoms with Gasteiger partial charge in [-0.25, -0.2) is 4.98 Å². The molecule has 2 rings (SSSR count). The van der Waals surface area contributed by atoms with Crippen LogP contribution in [-0.2, 0) is 0 Å². The Kier molecular flexibility index (Phi) is 3.04. The van der Waals surface area contributed by atoms with E-state index >= 15 is 0 Å². The van der Waals surface area contributed by atoms with E-state index in [1.807, 2.05) is 0 Å². The Bertz CT molecular complexity index is 340. The van der Waals surface area contributed by atoms with Crippen molar-refractivity contribution >= 4 is 5.91 Å². The molecule has 0 saturated heterocycles. The zero-order valence-electron chi connectivity index (χ0n) is 8.95. The van der Waals surface area contributed by atoms with Crippen molar-refractivity contribution in [1.82, 2.24) is 10.3 Å². The molecule has 1 aromatic heterocycles. The molecule has 0 aromatic carbocycles. The lowest BCUT2D eigenvalue weighted by Crippen LogP contribution is -2.36. The summed E-state index contributed by atoms with van der Waals surface area (Å²) in [4.78, 5) is 15.7. The average Bonchev–Trinajstić information content (AvgIpc) is 2.66. The first kappa shape index (κ1) is 10.2. The lowest BCUT2D eigenvalue weighted by molar-refractivity contribution is 0.0898. The van der Waals surface area contributed by atoms with Crippen LogP contribution in [0.2, 0.25) is 0 Å². The molecule has 0 atom stereocenters. The molecule has 0 bridgehead atoms. The molecule has 1 N–H and O–H groups in total. The minimum Gasteiger partial charge on any atom is -0.438 e. The predicted molar refractivity (Wildman–Crippen MR) is 55.6 cm³/mol. The summed E-state index contributed by atoms with van der Waals surface area (Å²) in [6.45, 7) is 1.78. The monoisotopic (exact) mass is 208 g/mol. The van der Waals surface area contributed by atoms with Crippen molar-refractivity contribution in [3.8, 4) is 0 Å². The summed E-state index contributed by atoms with van der Waals surface area (Å²) in [5, 5.41) is 2.99. The van der Waals surface area contributed by atoms with E-state index in [4.69, 9.17) is 4.42 Å². The molecule has 1 aliphatic carbocycles. The van der Waals surface area contributed by atoms with Crippen LogP contribution in [0.4, 0.5) is 0 Å². The van der Waals surface area contributed by atoms with Crippen LogP contribution in [0.25, 0.3) is 0 Å². The highest BCUT2D eigenvalue weighted by Crippen LogP contribution is 2.18. The Morgan fingerprint density at radius 1 is 1.47 bits per heavy atom. The molecule has 1 aliphatic rings. The normalized spacial score (nSPS) is 17.7. The van der Waals surface area contributed by atoms with E-state index < -0.39 is 0 Å². The summed E-state index contributed by atoms with van der Waals surface area (Å²) in [7, 11) is 0. The molecule has 0 aliphatic heterocycles. The van der Waals surface area contributed by atoms with Gasteiger partial charge in [0.05, 0.1) is 5.69 Å². The molecular formula is C11H16N2O2. The molecule has 4 nitrogen and oxygen atoms in total. The Morgan fingerprint density at radius 2 is 2.20 bits per heavy atom. The van der Waals surface area contributed by atoms with Gasteiger partial charge in [0.25, 0.3) is 5.91 Å². The zero-order valence-corrected chi connectivity index (χ0v) is 8.95. The fourth-order valence-corrected chi connectivity index (χ4v) is 2.02. The Hall–Kier alpha value is -1.32. The molecule has 0 spiro atoms. The molecule has 4 heteroatoms. The Morgan fingerprint density at radius 3 is 2.80 bits per heavy atom. The highest BCUT2D eigenvalue weighted by atomic mass is 16.3. The molecule has 15 heavy (non-hydrogen) atoms.